The average Bonchev–Trinajstić information content (AvgIpc) is 2.70. The first-order valence-electron chi connectivity index (χ1n) is 6.96. The molecule has 0 aromatic carbocycles. The average molecular weight is 262 g/mol. The molecule has 0 radical (unpaired) electrons. The van der Waals surface area contributed by atoms with Crippen LogP contribution in [-0.2, 0) is 6.54 Å². The summed E-state index contributed by atoms with van der Waals surface area (Å²) >= 11 is 0. The van der Waals surface area contributed by atoms with E-state index in [1.54, 1.807) is 7.11 Å². The first-order valence-corrected chi connectivity index (χ1v) is 6.96. The molecule has 1 N–H and O–H groups in total. The van der Waals surface area contributed by atoms with E-state index < -0.39 is 0 Å². The molecule has 0 amide bonds. The Morgan fingerprint density at radius 2 is 1.79 bits per heavy atom. The molecule has 2 rings (SSSR count). The SMILES string of the molecule is COc1c(C)cnc(CNC2C(C)(C)C2(C)C)c1C. The molecule has 0 unspecified atom stereocenters. The summed E-state index contributed by atoms with van der Waals surface area (Å²) in [4.78, 5) is 4.54. The lowest BCUT2D eigenvalue weighted by Gasteiger charge is -2.13. The van der Waals surface area contributed by atoms with Crippen LogP contribution in [0, 0.1) is 24.7 Å². The minimum absolute atomic E-state index is 0.357. The van der Waals surface area contributed by atoms with E-state index in [4.69, 9.17) is 4.74 Å². The van der Waals surface area contributed by atoms with E-state index in [9.17, 15) is 0 Å². The molecule has 0 atom stereocenters. The summed E-state index contributed by atoms with van der Waals surface area (Å²) < 4.78 is 5.45. The topological polar surface area (TPSA) is 34.1 Å². The van der Waals surface area contributed by atoms with E-state index in [0.29, 0.717) is 16.9 Å². The first kappa shape index (κ1) is 14.3. The summed E-state index contributed by atoms with van der Waals surface area (Å²) in [7, 11) is 1.72. The second-order valence-electron chi connectivity index (χ2n) is 6.80. The van der Waals surface area contributed by atoms with Crippen LogP contribution in [0.15, 0.2) is 6.20 Å². The molecule has 1 aromatic heterocycles. The Labute approximate surface area is 116 Å². The lowest BCUT2D eigenvalue weighted by atomic mass is 10.0. The number of aromatic nitrogens is 1. The lowest BCUT2D eigenvalue weighted by Crippen LogP contribution is -2.23. The molecule has 1 heterocycles. The fourth-order valence-corrected chi connectivity index (χ4v) is 3.15. The van der Waals surface area contributed by atoms with Crippen molar-refractivity contribution in [2.75, 3.05) is 7.11 Å². The molecule has 0 spiro atoms. The molecule has 0 bridgehead atoms. The van der Waals surface area contributed by atoms with E-state index >= 15 is 0 Å². The highest BCUT2D eigenvalue weighted by Gasteiger charge is 2.64. The zero-order valence-electron chi connectivity index (χ0n) is 13.2. The van der Waals surface area contributed by atoms with Crippen molar-refractivity contribution in [1.29, 1.82) is 0 Å². The first-order chi connectivity index (χ1) is 8.73. The minimum Gasteiger partial charge on any atom is -0.496 e. The van der Waals surface area contributed by atoms with Gasteiger partial charge in [-0.15, -0.1) is 0 Å². The Balaban J connectivity index is 2.10. The second kappa shape index (κ2) is 4.48. The second-order valence-corrected chi connectivity index (χ2v) is 6.80. The quantitative estimate of drug-likeness (QED) is 0.904. The van der Waals surface area contributed by atoms with Crippen LogP contribution in [0.1, 0.15) is 44.5 Å². The van der Waals surface area contributed by atoms with Crippen molar-refractivity contribution in [2.45, 2.75) is 54.1 Å². The number of rotatable bonds is 4. The molecule has 3 heteroatoms. The Bertz CT molecular complexity index is 478. The zero-order valence-corrected chi connectivity index (χ0v) is 13.2. The third-order valence-electron chi connectivity index (χ3n) is 5.24. The summed E-state index contributed by atoms with van der Waals surface area (Å²) in [6, 6.07) is 0.550. The zero-order chi connectivity index (χ0) is 14.4. The summed E-state index contributed by atoms with van der Waals surface area (Å²) in [6.07, 6.45) is 1.89. The predicted octanol–water partition coefficient (Wildman–Crippen LogP) is 3.23. The number of hydrogen-bond donors (Lipinski definition) is 1. The van der Waals surface area contributed by atoms with Crippen molar-refractivity contribution in [3.05, 3.63) is 23.0 Å². The Morgan fingerprint density at radius 1 is 1.21 bits per heavy atom. The van der Waals surface area contributed by atoms with Gasteiger partial charge in [0.05, 0.1) is 12.8 Å². The minimum atomic E-state index is 0.357. The fraction of sp³-hybridized carbons (Fsp3) is 0.688. The van der Waals surface area contributed by atoms with Gasteiger partial charge >= 0.3 is 0 Å². The number of aryl methyl sites for hydroxylation is 1. The van der Waals surface area contributed by atoms with Gasteiger partial charge in [-0.3, -0.25) is 4.98 Å². The predicted molar refractivity (Wildman–Crippen MR) is 78.5 cm³/mol. The van der Waals surface area contributed by atoms with Gasteiger partial charge in [-0.2, -0.15) is 0 Å². The van der Waals surface area contributed by atoms with E-state index in [2.05, 4.69) is 44.9 Å². The van der Waals surface area contributed by atoms with Crippen LogP contribution < -0.4 is 10.1 Å². The molecule has 1 aliphatic carbocycles. The van der Waals surface area contributed by atoms with Crippen LogP contribution >= 0.6 is 0 Å². The monoisotopic (exact) mass is 262 g/mol. The lowest BCUT2D eigenvalue weighted by molar-refractivity contribution is 0.406. The van der Waals surface area contributed by atoms with Crippen LogP contribution in [0.25, 0.3) is 0 Å². The third-order valence-corrected chi connectivity index (χ3v) is 5.24. The van der Waals surface area contributed by atoms with Crippen LogP contribution in [0.2, 0.25) is 0 Å². The van der Waals surface area contributed by atoms with Gasteiger partial charge in [-0.1, -0.05) is 27.7 Å². The molecule has 1 aliphatic rings. The van der Waals surface area contributed by atoms with Gasteiger partial charge in [0.15, 0.2) is 0 Å². The maximum absolute atomic E-state index is 5.45. The Hall–Kier alpha value is -1.09. The van der Waals surface area contributed by atoms with E-state index in [1.807, 2.05) is 13.1 Å². The number of pyridine rings is 1. The van der Waals surface area contributed by atoms with Crippen molar-refractivity contribution in [3.8, 4) is 5.75 Å². The molecule has 0 saturated heterocycles. The maximum Gasteiger partial charge on any atom is 0.128 e. The van der Waals surface area contributed by atoms with Crippen LogP contribution in [0.3, 0.4) is 0 Å². The smallest absolute Gasteiger partial charge is 0.128 e. The van der Waals surface area contributed by atoms with Crippen LogP contribution in [0.4, 0.5) is 0 Å². The van der Waals surface area contributed by atoms with Gasteiger partial charge in [-0.25, -0.2) is 0 Å². The molecule has 106 valence electrons. The number of methoxy groups -OCH3 is 1. The fourth-order valence-electron chi connectivity index (χ4n) is 3.15. The van der Waals surface area contributed by atoms with Crippen LogP contribution in [0.5, 0.6) is 5.75 Å². The highest BCUT2D eigenvalue weighted by atomic mass is 16.5. The molecule has 0 aliphatic heterocycles. The molecule has 3 nitrogen and oxygen atoms in total. The largest absolute Gasteiger partial charge is 0.496 e. The van der Waals surface area contributed by atoms with E-state index in [1.165, 1.54) is 0 Å². The highest BCUT2D eigenvalue weighted by molar-refractivity contribution is 5.41. The maximum atomic E-state index is 5.45. The number of ether oxygens (including phenoxy) is 1. The molecule has 1 fully saturated rings. The van der Waals surface area contributed by atoms with Crippen molar-refractivity contribution < 1.29 is 4.74 Å². The summed E-state index contributed by atoms with van der Waals surface area (Å²) in [5.74, 6) is 0.959. The molecule has 1 saturated carbocycles. The molecular weight excluding hydrogens is 236 g/mol. The van der Waals surface area contributed by atoms with E-state index in [0.717, 1.165) is 29.1 Å². The van der Waals surface area contributed by atoms with E-state index in [-0.39, 0.29) is 0 Å². The van der Waals surface area contributed by atoms with Crippen LogP contribution in [-0.4, -0.2) is 18.1 Å². The van der Waals surface area contributed by atoms with Crippen molar-refractivity contribution in [2.24, 2.45) is 10.8 Å². The van der Waals surface area contributed by atoms with Crippen molar-refractivity contribution in [3.63, 3.8) is 0 Å². The standard InChI is InChI=1S/C16H26N2O/c1-10-8-17-12(11(2)13(10)19-7)9-18-14-15(3,4)16(14,5)6/h8,14,18H,9H2,1-7H3. The van der Waals surface area contributed by atoms with Crippen molar-refractivity contribution >= 4 is 0 Å². The van der Waals surface area contributed by atoms with Gasteiger partial charge in [0.25, 0.3) is 0 Å². The van der Waals surface area contributed by atoms with Gasteiger partial charge in [0.1, 0.15) is 5.75 Å². The Morgan fingerprint density at radius 3 is 2.26 bits per heavy atom. The molecule has 19 heavy (non-hydrogen) atoms. The van der Waals surface area contributed by atoms with Gasteiger partial charge in [-0.05, 0) is 24.7 Å². The van der Waals surface area contributed by atoms with Crippen molar-refractivity contribution in [1.82, 2.24) is 10.3 Å². The highest BCUT2D eigenvalue weighted by Crippen LogP contribution is 2.62. The summed E-state index contributed by atoms with van der Waals surface area (Å²) in [6.45, 7) is 14.2. The summed E-state index contributed by atoms with van der Waals surface area (Å²) in [5.41, 5.74) is 4.04. The summed E-state index contributed by atoms with van der Waals surface area (Å²) in [5, 5.41) is 3.65. The molecule has 1 aromatic rings. The third kappa shape index (κ3) is 2.14. The van der Waals surface area contributed by atoms with Gasteiger partial charge in [0.2, 0.25) is 0 Å². The number of hydrogen-bond acceptors (Lipinski definition) is 3. The number of nitrogens with one attached hydrogen (secondary N) is 1. The van der Waals surface area contributed by atoms with Gasteiger partial charge in [0, 0.05) is 29.9 Å². The normalized spacial score (nSPS) is 20.4. The number of nitrogens with zero attached hydrogens (tertiary/aromatic N) is 1. The molecular formula is C16H26N2O. The Kier molecular flexibility index (Phi) is 3.38. The van der Waals surface area contributed by atoms with Gasteiger partial charge < -0.3 is 10.1 Å².